The van der Waals surface area contributed by atoms with Crippen LogP contribution in [0, 0.1) is 0 Å². The van der Waals surface area contributed by atoms with E-state index in [2.05, 4.69) is 4.74 Å². The molecule has 0 saturated carbocycles. The lowest BCUT2D eigenvalue weighted by Gasteiger charge is -2.13. The van der Waals surface area contributed by atoms with Crippen molar-refractivity contribution in [1.29, 1.82) is 0 Å². The minimum absolute atomic E-state index is 0.129. The molecule has 0 bridgehead atoms. The molecule has 1 aliphatic rings. The highest BCUT2D eigenvalue weighted by atomic mass is 35.5. The van der Waals surface area contributed by atoms with Crippen LogP contribution in [-0.4, -0.2) is 26.4 Å². The largest absolute Gasteiger partial charge is 0.469 e. The van der Waals surface area contributed by atoms with Crippen molar-refractivity contribution < 1.29 is 19.0 Å². The zero-order valence-electron chi connectivity index (χ0n) is 9.23. The van der Waals surface area contributed by atoms with Crippen molar-refractivity contribution in [2.24, 2.45) is 5.73 Å². The van der Waals surface area contributed by atoms with E-state index in [1.54, 1.807) is 12.1 Å². The van der Waals surface area contributed by atoms with E-state index in [4.69, 9.17) is 26.8 Å². The van der Waals surface area contributed by atoms with Gasteiger partial charge in [-0.2, -0.15) is 0 Å². The van der Waals surface area contributed by atoms with Gasteiger partial charge in [0.2, 0.25) is 6.79 Å². The summed E-state index contributed by atoms with van der Waals surface area (Å²) in [5, 5.41) is 0.400. The van der Waals surface area contributed by atoms with Crippen LogP contribution in [0.1, 0.15) is 11.5 Å². The SMILES string of the molecule is COC(=O)C(CN)c1cc(Cl)c2c(c1)OCO2. The van der Waals surface area contributed by atoms with E-state index in [0.29, 0.717) is 22.1 Å². The van der Waals surface area contributed by atoms with Crippen LogP contribution in [-0.2, 0) is 9.53 Å². The predicted molar refractivity (Wildman–Crippen MR) is 61.4 cm³/mol. The maximum absolute atomic E-state index is 11.5. The molecule has 1 aliphatic heterocycles. The topological polar surface area (TPSA) is 70.8 Å². The summed E-state index contributed by atoms with van der Waals surface area (Å²) in [6, 6.07) is 3.34. The Morgan fingerprint density at radius 3 is 3.00 bits per heavy atom. The first-order valence-corrected chi connectivity index (χ1v) is 5.42. The van der Waals surface area contributed by atoms with Crippen molar-refractivity contribution in [1.82, 2.24) is 0 Å². The van der Waals surface area contributed by atoms with Crippen LogP contribution in [0.5, 0.6) is 11.5 Å². The van der Waals surface area contributed by atoms with Gasteiger partial charge >= 0.3 is 5.97 Å². The third-order valence-electron chi connectivity index (χ3n) is 2.57. The third-order valence-corrected chi connectivity index (χ3v) is 2.85. The van der Waals surface area contributed by atoms with Gasteiger partial charge in [-0.15, -0.1) is 0 Å². The van der Waals surface area contributed by atoms with Crippen molar-refractivity contribution in [3.63, 3.8) is 0 Å². The molecule has 5 nitrogen and oxygen atoms in total. The summed E-state index contributed by atoms with van der Waals surface area (Å²) in [6.45, 7) is 0.271. The highest BCUT2D eigenvalue weighted by Gasteiger charge is 2.25. The lowest BCUT2D eigenvalue weighted by molar-refractivity contribution is -0.142. The third kappa shape index (κ3) is 2.16. The van der Waals surface area contributed by atoms with Gasteiger partial charge in [-0.3, -0.25) is 4.79 Å². The molecule has 2 N–H and O–H groups in total. The average Bonchev–Trinajstić information content (AvgIpc) is 2.78. The second-order valence-electron chi connectivity index (χ2n) is 3.55. The van der Waals surface area contributed by atoms with Crippen molar-refractivity contribution in [2.75, 3.05) is 20.4 Å². The molecule has 17 heavy (non-hydrogen) atoms. The smallest absolute Gasteiger partial charge is 0.314 e. The molecule has 1 unspecified atom stereocenters. The van der Waals surface area contributed by atoms with E-state index in [0.717, 1.165) is 0 Å². The molecule has 2 rings (SSSR count). The maximum Gasteiger partial charge on any atom is 0.314 e. The van der Waals surface area contributed by atoms with Crippen molar-refractivity contribution in [3.05, 3.63) is 22.7 Å². The van der Waals surface area contributed by atoms with Crippen LogP contribution in [0.2, 0.25) is 5.02 Å². The minimum atomic E-state index is -0.549. The number of methoxy groups -OCH3 is 1. The van der Waals surface area contributed by atoms with Crippen LogP contribution < -0.4 is 15.2 Å². The van der Waals surface area contributed by atoms with Gasteiger partial charge in [0.15, 0.2) is 11.5 Å². The Labute approximate surface area is 103 Å². The second kappa shape index (κ2) is 4.81. The van der Waals surface area contributed by atoms with E-state index in [1.165, 1.54) is 7.11 Å². The molecule has 6 heteroatoms. The van der Waals surface area contributed by atoms with Crippen molar-refractivity contribution >= 4 is 17.6 Å². The number of carbonyl (C=O) groups is 1. The van der Waals surface area contributed by atoms with E-state index in [-0.39, 0.29) is 13.3 Å². The fourth-order valence-corrected chi connectivity index (χ4v) is 1.97. The lowest BCUT2D eigenvalue weighted by atomic mass is 9.99. The molecule has 1 atom stereocenters. The number of fused-ring (bicyclic) bond motifs is 1. The Morgan fingerprint density at radius 1 is 1.59 bits per heavy atom. The fourth-order valence-electron chi connectivity index (χ4n) is 1.70. The molecule has 0 amide bonds. The Bertz CT molecular complexity index is 449. The lowest BCUT2D eigenvalue weighted by Crippen LogP contribution is -2.22. The molecular weight excluding hydrogens is 246 g/mol. The zero-order chi connectivity index (χ0) is 12.4. The first-order chi connectivity index (χ1) is 8.17. The number of halogens is 1. The summed E-state index contributed by atoms with van der Waals surface area (Å²) in [5.41, 5.74) is 6.22. The maximum atomic E-state index is 11.5. The standard InChI is InChI=1S/C11H12ClNO4/c1-15-11(14)7(4-13)6-2-8(12)10-9(3-6)16-5-17-10/h2-3,7H,4-5,13H2,1H3. The molecule has 0 spiro atoms. The number of benzene rings is 1. The van der Waals surface area contributed by atoms with Gasteiger partial charge in [0.25, 0.3) is 0 Å². The molecule has 1 aromatic carbocycles. The molecule has 92 valence electrons. The van der Waals surface area contributed by atoms with E-state index >= 15 is 0 Å². The predicted octanol–water partition coefficient (Wildman–Crippen LogP) is 1.28. The van der Waals surface area contributed by atoms with Gasteiger partial charge in [0.05, 0.1) is 18.1 Å². The number of hydrogen-bond donors (Lipinski definition) is 1. The molecular formula is C11H12ClNO4. The molecule has 0 aliphatic carbocycles. The van der Waals surface area contributed by atoms with Crippen molar-refractivity contribution in [2.45, 2.75) is 5.92 Å². The fraction of sp³-hybridized carbons (Fsp3) is 0.364. The van der Waals surface area contributed by atoms with E-state index in [9.17, 15) is 4.79 Å². The minimum Gasteiger partial charge on any atom is -0.469 e. The first-order valence-electron chi connectivity index (χ1n) is 5.04. The van der Waals surface area contributed by atoms with Crippen LogP contribution in [0.15, 0.2) is 12.1 Å². The van der Waals surface area contributed by atoms with Gasteiger partial charge in [0.1, 0.15) is 0 Å². The second-order valence-corrected chi connectivity index (χ2v) is 3.96. The zero-order valence-corrected chi connectivity index (χ0v) is 9.99. The van der Waals surface area contributed by atoms with Gasteiger partial charge in [-0.05, 0) is 17.7 Å². The Balaban J connectivity index is 2.39. The van der Waals surface area contributed by atoms with Crippen LogP contribution >= 0.6 is 11.6 Å². The molecule has 0 fully saturated rings. The molecule has 0 radical (unpaired) electrons. The Kier molecular flexibility index (Phi) is 3.40. The summed E-state index contributed by atoms with van der Waals surface area (Å²) in [4.78, 5) is 11.5. The molecule has 0 saturated heterocycles. The van der Waals surface area contributed by atoms with E-state index in [1.807, 2.05) is 0 Å². The van der Waals surface area contributed by atoms with Crippen LogP contribution in [0.25, 0.3) is 0 Å². The number of carbonyl (C=O) groups excluding carboxylic acids is 1. The van der Waals surface area contributed by atoms with Gasteiger partial charge in [-0.25, -0.2) is 0 Å². The highest BCUT2D eigenvalue weighted by molar-refractivity contribution is 6.32. The summed E-state index contributed by atoms with van der Waals surface area (Å²) < 4.78 is 15.1. The number of ether oxygens (including phenoxy) is 3. The van der Waals surface area contributed by atoms with Crippen molar-refractivity contribution in [3.8, 4) is 11.5 Å². The van der Waals surface area contributed by atoms with Gasteiger partial charge < -0.3 is 19.9 Å². The van der Waals surface area contributed by atoms with E-state index < -0.39 is 11.9 Å². The number of nitrogens with two attached hydrogens (primary N) is 1. The summed E-state index contributed by atoms with van der Waals surface area (Å²) in [5.74, 6) is 0.0698. The molecule has 1 heterocycles. The highest BCUT2D eigenvalue weighted by Crippen LogP contribution is 2.41. The molecule has 1 aromatic rings. The van der Waals surface area contributed by atoms with Gasteiger partial charge in [-0.1, -0.05) is 11.6 Å². The number of hydrogen-bond acceptors (Lipinski definition) is 5. The summed E-state index contributed by atoms with van der Waals surface area (Å²) in [6.07, 6.45) is 0. The number of esters is 1. The quantitative estimate of drug-likeness (QED) is 0.826. The van der Waals surface area contributed by atoms with Gasteiger partial charge in [0, 0.05) is 6.54 Å². The average molecular weight is 258 g/mol. The number of rotatable bonds is 3. The first kappa shape index (κ1) is 12.0. The van der Waals surface area contributed by atoms with Crippen LogP contribution in [0.3, 0.4) is 0 Å². The Morgan fingerprint density at radius 2 is 2.35 bits per heavy atom. The Hall–Kier alpha value is -1.46. The summed E-state index contributed by atoms with van der Waals surface area (Å²) in [7, 11) is 1.32. The monoisotopic (exact) mass is 257 g/mol. The normalized spacial score (nSPS) is 14.5. The summed E-state index contributed by atoms with van der Waals surface area (Å²) >= 11 is 6.03. The van der Waals surface area contributed by atoms with Crippen LogP contribution in [0.4, 0.5) is 0 Å². The molecule has 0 aromatic heterocycles.